The third-order valence-electron chi connectivity index (χ3n) is 8.26. The van der Waals surface area contributed by atoms with Gasteiger partial charge in [-0.15, -0.1) is 18.3 Å². The Morgan fingerprint density at radius 1 is 1.06 bits per heavy atom. The molecule has 4 aromatic rings. The fourth-order valence-electron chi connectivity index (χ4n) is 5.64. The Morgan fingerprint density at radius 2 is 1.78 bits per heavy atom. The molecule has 2 atom stereocenters. The zero-order chi connectivity index (χ0) is 35.1. The smallest absolute Gasteiger partial charge is 0.497 e. The monoisotopic (exact) mass is 694 g/mol. The Labute approximate surface area is 288 Å². The number of alkyl halides is 3. The van der Waals surface area contributed by atoms with Gasteiger partial charge in [0, 0.05) is 29.6 Å². The second kappa shape index (κ2) is 15.8. The van der Waals surface area contributed by atoms with E-state index in [1.807, 2.05) is 30.3 Å². The molecule has 260 valence electrons. The average Bonchev–Trinajstić information content (AvgIpc) is 3.55. The number of amidine groups is 1. The number of methoxy groups -OCH3 is 1. The lowest BCUT2D eigenvalue weighted by atomic mass is 9.97. The summed E-state index contributed by atoms with van der Waals surface area (Å²) < 4.78 is 48.2. The van der Waals surface area contributed by atoms with Gasteiger partial charge < -0.3 is 19.7 Å². The number of hydrogen-bond donors (Lipinski definition) is 1. The van der Waals surface area contributed by atoms with Gasteiger partial charge in [-0.25, -0.2) is 14.5 Å². The summed E-state index contributed by atoms with van der Waals surface area (Å²) in [6.07, 6.45) is -0.619. The highest BCUT2D eigenvalue weighted by atomic mass is 32.2. The summed E-state index contributed by atoms with van der Waals surface area (Å²) in [6.45, 7) is 9.14. The molecule has 9 nitrogen and oxygen atoms in total. The minimum atomic E-state index is -4.75. The highest BCUT2D eigenvalue weighted by Crippen LogP contribution is 2.37. The first-order chi connectivity index (χ1) is 23.4. The molecule has 0 bridgehead atoms. The number of carbonyl (C=O) groups is 1. The van der Waals surface area contributed by atoms with Crippen molar-refractivity contribution in [3.63, 3.8) is 0 Å². The molecule has 0 spiro atoms. The molecule has 3 aromatic carbocycles. The van der Waals surface area contributed by atoms with E-state index in [4.69, 9.17) is 4.74 Å². The summed E-state index contributed by atoms with van der Waals surface area (Å²) in [5.74, 6) is 2.50. The number of aromatic nitrogens is 3. The Kier molecular flexibility index (Phi) is 11.5. The number of anilines is 1. The molecule has 0 aliphatic carbocycles. The lowest BCUT2D eigenvalue weighted by Crippen LogP contribution is -2.42. The van der Waals surface area contributed by atoms with Crippen LogP contribution >= 0.6 is 11.8 Å². The van der Waals surface area contributed by atoms with Gasteiger partial charge in [-0.1, -0.05) is 56.8 Å². The number of rotatable bonds is 11. The lowest BCUT2D eigenvalue weighted by molar-refractivity contribution is -0.274. The largest absolute Gasteiger partial charge is 0.573 e. The van der Waals surface area contributed by atoms with Crippen LogP contribution in [0.5, 0.6) is 11.5 Å². The molecule has 2 heterocycles. The maximum Gasteiger partial charge on any atom is 0.573 e. The third kappa shape index (κ3) is 9.56. The second-order valence-corrected chi connectivity index (χ2v) is 13.5. The summed E-state index contributed by atoms with van der Waals surface area (Å²) in [6, 6.07) is 19.3. The Hall–Kier alpha value is -4.52. The van der Waals surface area contributed by atoms with Crippen LogP contribution in [0.3, 0.4) is 0 Å². The van der Waals surface area contributed by atoms with Crippen LogP contribution < -0.4 is 19.7 Å². The van der Waals surface area contributed by atoms with Gasteiger partial charge in [0.2, 0.25) is 0 Å². The molecule has 0 saturated carbocycles. The van der Waals surface area contributed by atoms with Crippen LogP contribution in [0.25, 0.3) is 17.1 Å². The van der Waals surface area contributed by atoms with E-state index >= 15 is 0 Å². The molecular formula is C36H41F3N6O3S. The van der Waals surface area contributed by atoms with Crippen molar-refractivity contribution in [1.82, 2.24) is 20.1 Å². The summed E-state index contributed by atoms with van der Waals surface area (Å²) in [4.78, 5) is 24.0. The van der Waals surface area contributed by atoms with E-state index in [2.05, 4.69) is 69.9 Å². The fourth-order valence-corrected chi connectivity index (χ4v) is 6.85. The predicted octanol–water partition coefficient (Wildman–Crippen LogP) is 8.63. The molecule has 1 saturated heterocycles. The van der Waals surface area contributed by atoms with Gasteiger partial charge in [-0.3, -0.25) is 0 Å². The molecule has 1 aliphatic heterocycles. The Balaban J connectivity index is 1.13. The number of halogens is 3. The standard InChI is InChI=1S/C36H41F3N6O3S/c1-23(2)31-21-30(47-5)14-15-32(31)45-25(4)17-19-49-35(45)42-34(46)40-18-16-24(3)20-26-6-8-27(9-7-26)33-41-22-44(43-33)28-10-12-29(13-11-28)48-36(37,38)39/h6-15,21-25H,16-20H2,1-5H3,(H,40,46). The topological polar surface area (TPSA) is 93.9 Å². The van der Waals surface area contributed by atoms with E-state index in [1.165, 1.54) is 35.3 Å². The lowest BCUT2D eigenvalue weighted by Gasteiger charge is -2.37. The zero-order valence-electron chi connectivity index (χ0n) is 28.2. The van der Waals surface area contributed by atoms with Crippen molar-refractivity contribution in [2.24, 2.45) is 10.9 Å². The van der Waals surface area contributed by atoms with Crippen LogP contribution in [0.4, 0.5) is 23.7 Å². The van der Waals surface area contributed by atoms with Crippen molar-refractivity contribution in [3.8, 4) is 28.6 Å². The Bertz CT molecular complexity index is 1740. The first kappa shape index (κ1) is 35.8. The molecule has 1 aliphatic rings. The van der Waals surface area contributed by atoms with Crippen molar-refractivity contribution in [2.45, 2.75) is 65.3 Å². The molecule has 5 rings (SSSR count). The van der Waals surface area contributed by atoms with Crippen LogP contribution in [0, 0.1) is 5.92 Å². The van der Waals surface area contributed by atoms with Gasteiger partial charge >= 0.3 is 12.4 Å². The summed E-state index contributed by atoms with van der Waals surface area (Å²) in [5.41, 5.74) is 4.73. The van der Waals surface area contributed by atoms with E-state index < -0.39 is 6.36 Å². The van der Waals surface area contributed by atoms with Crippen LogP contribution in [0.1, 0.15) is 57.6 Å². The molecular weight excluding hydrogens is 653 g/mol. The minimum Gasteiger partial charge on any atom is -0.497 e. The van der Waals surface area contributed by atoms with Crippen LogP contribution in [-0.4, -0.2) is 57.8 Å². The van der Waals surface area contributed by atoms with Crippen LogP contribution in [0.15, 0.2) is 78.0 Å². The first-order valence-corrected chi connectivity index (χ1v) is 17.2. The van der Waals surface area contributed by atoms with Gasteiger partial charge in [0.15, 0.2) is 11.0 Å². The van der Waals surface area contributed by atoms with E-state index in [-0.39, 0.29) is 23.7 Å². The van der Waals surface area contributed by atoms with E-state index in [9.17, 15) is 18.0 Å². The van der Waals surface area contributed by atoms with Gasteiger partial charge in [-0.05, 0) is 91.6 Å². The molecule has 2 unspecified atom stereocenters. The number of benzene rings is 3. The number of urea groups is 1. The number of carbonyl (C=O) groups excluding carboxylic acids is 1. The SMILES string of the molecule is COc1ccc(N2C(=NC(=O)NCCC(C)Cc3ccc(-c4ncn(-c5ccc(OC(F)(F)F)cc5)n4)cc3)SCCC2C)c(C(C)C)c1. The van der Waals surface area contributed by atoms with Crippen LogP contribution in [0.2, 0.25) is 0 Å². The molecule has 49 heavy (non-hydrogen) atoms. The maximum absolute atomic E-state index is 13.0. The van der Waals surface area contributed by atoms with Crippen molar-refractivity contribution in [2.75, 3.05) is 24.3 Å². The van der Waals surface area contributed by atoms with E-state index in [0.717, 1.165) is 53.1 Å². The van der Waals surface area contributed by atoms with Crippen molar-refractivity contribution < 1.29 is 27.4 Å². The highest BCUT2D eigenvalue weighted by Gasteiger charge is 2.31. The average molecular weight is 695 g/mol. The minimum absolute atomic E-state index is 0.208. The molecule has 2 amide bonds. The number of nitrogens with one attached hydrogen (secondary N) is 1. The molecule has 1 N–H and O–H groups in total. The quantitative estimate of drug-likeness (QED) is 0.168. The van der Waals surface area contributed by atoms with Crippen molar-refractivity contribution in [1.29, 1.82) is 0 Å². The maximum atomic E-state index is 13.0. The van der Waals surface area contributed by atoms with Crippen LogP contribution in [-0.2, 0) is 6.42 Å². The third-order valence-corrected chi connectivity index (χ3v) is 9.25. The number of thioether (sulfide) groups is 1. The molecule has 13 heteroatoms. The number of nitrogens with zero attached hydrogens (tertiary/aromatic N) is 5. The summed E-state index contributed by atoms with van der Waals surface area (Å²) >= 11 is 1.61. The van der Waals surface area contributed by atoms with Gasteiger partial charge in [0.05, 0.1) is 12.8 Å². The normalized spacial score (nSPS) is 16.6. The molecule has 1 aromatic heterocycles. The fraction of sp³-hybridized carbons (Fsp3) is 0.389. The molecule has 1 fully saturated rings. The number of amides is 2. The summed E-state index contributed by atoms with van der Waals surface area (Å²) in [5, 5.41) is 8.17. The molecule has 0 radical (unpaired) electrons. The first-order valence-electron chi connectivity index (χ1n) is 16.2. The van der Waals surface area contributed by atoms with E-state index in [1.54, 1.807) is 18.9 Å². The van der Waals surface area contributed by atoms with E-state index in [0.29, 0.717) is 29.1 Å². The predicted molar refractivity (Wildman–Crippen MR) is 188 cm³/mol. The van der Waals surface area contributed by atoms with Gasteiger partial charge in [0.25, 0.3) is 0 Å². The van der Waals surface area contributed by atoms with Crippen molar-refractivity contribution in [3.05, 3.63) is 84.2 Å². The number of hydrogen-bond acceptors (Lipinski definition) is 6. The van der Waals surface area contributed by atoms with Gasteiger partial charge in [-0.2, -0.15) is 4.99 Å². The van der Waals surface area contributed by atoms with Crippen molar-refractivity contribution >= 4 is 28.6 Å². The number of ether oxygens (including phenoxy) is 2. The zero-order valence-corrected chi connectivity index (χ0v) is 29.0. The highest BCUT2D eigenvalue weighted by molar-refractivity contribution is 8.14. The Morgan fingerprint density at radius 3 is 2.45 bits per heavy atom. The van der Waals surface area contributed by atoms with Gasteiger partial charge in [0.1, 0.15) is 17.8 Å². The summed E-state index contributed by atoms with van der Waals surface area (Å²) in [7, 11) is 1.67. The number of aliphatic imine (C=N–C) groups is 1. The second-order valence-electron chi connectivity index (χ2n) is 12.4.